The van der Waals surface area contributed by atoms with Gasteiger partial charge in [-0.25, -0.2) is 13.1 Å². The smallest absolute Gasteiger partial charge is 0.251 e. The molecule has 162 valence electrons. The molecule has 0 radical (unpaired) electrons. The second-order valence-corrected chi connectivity index (χ2v) is 8.92. The number of methoxy groups -OCH3 is 1. The molecule has 0 saturated heterocycles. The van der Waals surface area contributed by atoms with Crippen LogP contribution < -0.4 is 14.8 Å². The summed E-state index contributed by atoms with van der Waals surface area (Å²) in [5, 5.41) is 2.73. The maximum absolute atomic E-state index is 12.7. The summed E-state index contributed by atoms with van der Waals surface area (Å²) in [7, 11) is -2.33. The van der Waals surface area contributed by atoms with E-state index < -0.39 is 10.0 Å². The zero-order valence-corrected chi connectivity index (χ0v) is 18.6. The number of hydrogen-bond acceptors (Lipinski definition) is 4. The van der Waals surface area contributed by atoms with Gasteiger partial charge in [-0.15, -0.1) is 0 Å². The molecule has 0 bridgehead atoms. The lowest BCUT2D eigenvalue weighted by Gasteiger charge is -2.13. The number of rotatable bonds is 8. The summed E-state index contributed by atoms with van der Waals surface area (Å²) in [5.41, 5.74) is 4.41. The third-order valence-corrected chi connectivity index (χ3v) is 6.51. The van der Waals surface area contributed by atoms with Gasteiger partial charge in [-0.3, -0.25) is 4.79 Å². The molecule has 6 nitrogen and oxygen atoms in total. The van der Waals surface area contributed by atoms with E-state index in [0.717, 1.165) is 22.3 Å². The predicted molar refractivity (Wildman–Crippen MR) is 122 cm³/mol. The average molecular weight is 439 g/mol. The van der Waals surface area contributed by atoms with Gasteiger partial charge in [0.1, 0.15) is 10.6 Å². The molecule has 3 aromatic carbocycles. The van der Waals surface area contributed by atoms with E-state index in [9.17, 15) is 13.2 Å². The van der Waals surface area contributed by atoms with Gasteiger partial charge >= 0.3 is 0 Å². The highest BCUT2D eigenvalue weighted by atomic mass is 32.2. The van der Waals surface area contributed by atoms with Crippen LogP contribution in [0.15, 0.2) is 71.6 Å². The standard InChI is InChI=1S/C24H26N2O4S/c1-17-15-22(30-3)23(16-18(17)2)31(28,29)26-14-13-25-24(27)21-11-9-20(10-12-21)19-7-5-4-6-8-19/h4-12,15-16,26H,13-14H2,1-3H3,(H,25,27). The first kappa shape index (κ1) is 22.5. The molecular weight excluding hydrogens is 412 g/mol. The minimum atomic E-state index is -3.77. The number of benzene rings is 3. The maximum Gasteiger partial charge on any atom is 0.251 e. The van der Waals surface area contributed by atoms with E-state index in [0.29, 0.717) is 5.56 Å². The zero-order chi connectivity index (χ0) is 22.4. The Morgan fingerprint density at radius 3 is 2.13 bits per heavy atom. The molecule has 0 saturated carbocycles. The summed E-state index contributed by atoms with van der Waals surface area (Å²) in [5.74, 6) is 0.0284. The van der Waals surface area contributed by atoms with Crippen molar-refractivity contribution in [1.82, 2.24) is 10.0 Å². The van der Waals surface area contributed by atoms with Crippen molar-refractivity contribution in [2.75, 3.05) is 20.2 Å². The van der Waals surface area contributed by atoms with Gasteiger partial charge in [0.25, 0.3) is 5.91 Å². The molecule has 3 aromatic rings. The van der Waals surface area contributed by atoms with Crippen LogP contribution in [0.3, 0.4) is 0 Å². The van der Waals surface area contributed by atoms with E-state index in [1.54, 1.807) is 24.3 Å². The highest BCUT2D eigenvalue weighted by Gasteiger charge is 2.20. The number of carbonyl (C=O) groups excluding carboxylic acids is 1. The first-order valence-electron chi connectivity index (χ1n) is 9.90. The van der Waals surface area contributed by atoms with Crippen molar-refractivity contribution in [3.63, 3.8) is 0 Å². The Morgan fingerprint density at radius 1 is 0.871 bits per heavy atom. The van der Waals surface area contributed by atoms with E-state index >= 15 is 0 Å². The molecule has 7 heteroatoms. The fraction of sp³-hybridized carbons (Fsp3) is 0.208. The first-order valence-corrected chi connectivity index (χ1v) is 11.4. The topological polar surface area (TPSA) is 84.5 Å². The summed E-state index contributed by atoms with van der Waals surface area (Å²) < 4.78 is 33.1. The predicted octanol–water partition coefficient (Wildman–Crippen LogP) is 3.69. The van der Waals surface area contributed by atoms with Crippen molar-refractivity contribution in [3.05, 3.63) is 83.4 Å². The van der Waals surface area contributed by atoms with Crippen molar-refractivity contribution >= 4 is 15.9 Å². The number of amides is 1. The third-order valence-electron chi connectivity index (χ3n) is 5.03. The van der Waals surface area contributed by atoms with Crippen LogP contribution in [0.25, 0.3) is 11.1 Å². The van der Waals surface area contributed by atoms with Crippen molar-refractivity contribution in [3.8, 4) is 16.9 Å². The molecule has 0 aromatic heterocycles. The number of aryl methyl sites for hydroxylation is 2. The van der Waals surface area contributed by atoms with Crippen LogP contribution in [0.5, 0.6) is 5.75 Å². The van der Waals surface area contributed by atoms with E-state index in [1.807, 2.05) is 56.3 Å². The summed E-state index contributed by atoms with van der Waals surface area (Å²) in [6.45, 7) is 3.96. The largest absolute Gasteiger partial charge is 0.495 e. The van der Waals surface area contributed by atoms with Crippen LogP contribution in [0.4, 0.5) is 0 Å². The number of hydrogen-bond donors (Lipinski definition) is 2. The summed E-state index contributed by atoms with van der Waals surface area (Å²) in [6.07, 6.45) is 0. The Labute approximate surface area is 183 Å². The molecule has 0 aliphatic carbocycles. The molecule has 3 rings (SSSR count). The molecule has 0 atom stereocenters. The Hall–Kier alpha value is -3.16. The lowest BCUT2D eigenvalue weighted by Crippen LogP contribution is -2.34. The Bertz CT molecular complexity index is 1160. The van der Waals surface area contributed by atoms with Crippen LogP contribution in [0, 0.1) is 13.8 Å². The van der Waals surface area contributed by atoms with Gasteiger partial charge in [0, 0.05) is 18.7 Å². The van der Waals surface area contributed by atoms with Crippen molar-refractivity contribution < 1.29 is 17.9 Å². The van der Waals surface area contributed by atoms with Crippen molar-refractivity contribution in [2.45, 2.75) is 18.7 Å². The molecule has 0 aliphatic heterocycles. The van der Waals surface area contributed by atoms with Gasteiger partial charge in [-0.05, 0) is 60.4 Å². The Kier molecular flexibility index (Phi) is 7.09. The Balaban J connectivity index is 1.57. The summed E-state index contributed by atoms with van der Waals surface area (Å²) in [6, 6.07) is 20.5. The molecule has 0 fully saturated rings. The lowest BCUT2D eigenvalue weighted by molar-refractivity contribution is 0.0954. The molecule has 0 heterocycles. The number of ether oxygens (including phenoxy) is 1. The molecular formula is C24H26N2O4S. The third kappa shape index (κ3) is 5.51. The van der Waals surface area contributed by atoms with Gasteiger partial charge < -0.3 is 10.1 Å². The van der Waals surface area contributed by atoms with E-state index in [4.69, 9.17) is 4.74 Å². The fourth-order valence-electron chi connectivity index (χ4n) is 3.12. The number of carbonyl (C=O) groups is 1. The van der Waals surface area contributed by atoms with E-state index in [1.165, 1.54) is 7.11 Å². The molecule has 0 spiro atoms. The maximum atomic E-state index is 12.7. The molecule has 1 amide bonds. The molecule has 0 unspecified atom stereocenters. The van der Waals surface area contributed by atoms with E-state index in [-0.39, 0.29) is 29.6 Å². The lowest BCUT2D eigenvalue weighted by atomic mass is 10.0. The number of sulfonamides is 1. The van der Waals surface area contributed by atoms with Crippen LogP contribution in [0.2, 0.25) is 0 Å². The Morgan fingerprint density at radius 2 is 1.48 bits per heavy atom. The summed E-state index contributed by atoms with van der Waals surface area (Å²) in [4.78, 5) is 12.4. The van der Waals surface area contributed by atoms with Crippen LogP contribution >= 0.6 is 0 Å². The minimum absolute atomic E-state index is 0.0618. The van der Waals surface area contributed by atoms with Crippen LogP contribution in [-0.2, 0) is 10.0 Å². The van der Waals surface area contributed by atoms with Gasteiger partial charge in [0.05, 0.1) is 7.11 Å². The zero-order valence-electron chi connectivity index (χ0n) is 17.8. The molecule has 0 aliphatic rings. The summed E-state index contributed by atoms with van der Waals surface area (Å²) >= 11 is 0. The first-order chi connectivity index (χ1) is 14.8. The van der Waals surface area contributed by atoms with Gasteiger partial charge in [0.15, 0.2) is 0 Å². The van der Waals surface area contributed by atoms with Crippen molar-refractivity contribution in [2.24, 2.45) is 0 Å². The minimum Gasteiger partial charge on any atom is -0.495 e. The van der Waals surface area contributed by atoms with E-state index in [2.05, 4.69) is 10.0 Å². The highest BCUT2D eigenvalue weighted by Crippen LogP contribution is 2.27. The van der Waals surface area contributed by atoms with Crippen molar-refractivity contribution in [1.29, 1.82) is 0 Å². The fourth-order valence-corrected chi connectivity index (χ4v) is 4.38. The molecule has 2 N–H and O–H groups in total. The monoisotopic (exact) mass is 438 g/mol. The van der Waals surface area contributed by atoms with Crippen LogP contribution in [0.1, 0.15) is 21.5 Å². The normalized spacial score (nSPS) is 11.2. The quantitative estimate of drug-likeness (QED) is 0.526. The van der Waals surface area contributed by atoms with Gasteiger partial charge in [-0.2, -0.15) is 0 Å². The highest BCUT2D eigenvalue weighted by molar-refractivity contribution is 7.89. The second-order valence-electron chi connectivity index (χ2n) is 7.18. The van der Waals surface area contributed by atoms with Gasteiger partial charge in [-0.1, -0.05) is 42.5 Å². The SMILES string of the molecule is COc1cc(C)c(C)cc1S(=O)(=O)NCCNC(=O)c1ccc(-c2ccccc2)cc1. The van der Waals surface area contributed by atoms with Crippen LogP contribution in [-0.4, -0.2) is 34.5 Å². The van der Waals surface area contributed by atoms with Gasteiger partial charge in [0.2, 0.25) is 10.0 Å². The molecule has 31 heavy (non-hydrogen) atoms. The second kappa shape index (κ2) is 9.76. The number of nitrogens with one attached hydrogen (secondary N) is 2. The average Bonchev–Trinajstić information content (AvgIpc) is 2.78.